The van der Waals surface area contributed by atoms with Gasteiger partial charge in [-0.15, -0.1) is 0 Å². The zero-order valence-electron chi connectivity index (χ0n) is 23.7. The van der Waals surface area contributed by atoms with E-state index >= 15 is 0 Å². The SMILES string of the molecule is C=CC(=O)N1CCC2(C1)CN(c1nc(OC[C@@H]3CCCN3C)nc3c1CCN(c1cccc4cccc(Cl)c14)C3)C2. The number of fused-ring (bicyclic) bond motifs is 2. The Morgan fingerprint density at radius 1 is 1.12 bits per heavy atom. The third-order valence-corrected chi connectivity index (χ3v) is 9.86. The molecule has 0 N–H and O–H groups in total. The Kier molecular flexibility index (Phi) is 6.78. The highest BCUT2D eigenvalue weighted by Crippen LogP contribution is 2.44. The van der Waals surface area contributed by atoms with Crippen molar-refractivity contribution in [2.45, 2.75) is 38.3 Å². The molecule has 8 nitrogen and oxygen atoms in total. The number of likely N-dealkylation sites (N-methyl/N-ethyl adjacent to an activating group) is 1. The highest BCUT2D eigenvalue weighted by molar-refractivity contribution is 6.36. The molecule has 1 aromatic heterocycles. The van der Waals surface area contributed by atoms with Crippen molar-refractivity contribution in [3.05, 3.63) is 65.3 Å². The zero-order chi connectivity index (χ0) is 28.1. The minimum atomic E-state index is 0.0286. The van der Waals surface area contributed by atoms with Crippen LogP contribution in [0, 0.1) is 5.41 Å². The van der Waals surface area contributed by atoms with Crippen LogP contribution in [0.4, 0.5) is 11.5 Å². The third kappa shape index (κ3) is 4.81. The maximum Gasteiger partial charge on any atom is 0.318 e. The summed E-state index contributed by atoms with van der Waals surface area (Å²) in [4.78, 5) is 31.3. The van der Waals surface area contributed by atoms with Gasteiger partial charge >= 0.3 is 6.01 Å². The summed E-state index contributed by atoms with van der Waals surface area (Å²) < 4.78 is 6.30. The van der Waals surface area contributed by atoms with Gasteiger partial charge in [-0.25, -0.2) is 0 Å². The van der Waals surface area contributed by atoms with E-state index in [4.69, 9.17) is 26.3 Å². The molecule has 0 saturated carbocycles. The molecule has 1 amide bonds. The van der Waals surface area contributed by atoms with E-state index in [9.17, 15) is 4.79 Å². The fourth-order valence-corrected chi connectivity index (χ4v) is 7.52. The second-order valence-corrected chi connectivity index (χ2v) is 12.6. The van der Waals surface area contributed by atoms with Crippen LogP contribution in [0.25, 0.3) is 10.8 Å². The molecule has 3 saturated heterocycles. The van der Waals surface area contributed by atoms with E-state index in [0.29, 0.717) is 25.2 Å². The fraction of sp³-hybridized carbons (Fsp3) is 0.469. The first-order chi connectivity index (χ1) is 19.9. The van der Waals surface area contributed by atoms with E-state index in [2.05, 4.69) is 52.6 Å². The number of rotatable bonds is 6. The number of amides is 1. The average molecular weight is 573 g/mol. The minimum Gasteiger partial charge on any atom is -0.462 e. The van der Waals surface area contributed by atoms with Crippen molar-refractivity contribution in [2.24, 2.45) is 5.41 Å². The van der Waals surface area contributed by atoms with Gasteiger partial charge in [-0.3, -0.25) is 4.79 Å². The standard InChI is InChI=1S/C32H37ClN6O2/c1-3-28(40)38-16-13-32(19-38)20-39(21-32)30-24-12-15-37(27-11-5-8-22-7-4-10-25(33)29(22)27)17-26(24)34-31(35-30)41-18-23-9-6-14-36(23)2/h3-5,7-8,10-11,23H,1,6,9,12-21H2,2H3/t23-/m0/s1. The van der Waals surface area contributed by atoms with Crippen LogP contribution < -0.4 is 14.5 Å². The van der Waals surface area contributed by atoms with Crippen LogP contribution in [-0.2, 0) is 17.8 Å². The van der Waals surface area contributed by atoms with Gasteiger partial charge < -0.3 is 24.3 Å². The zero-order valence-corrected chi connectivity index (χ0v) is 24.4. The molecule has 0 unspecified atom stereocenters. The summed E-state index contributed by atoms with van der Waals surface area (Å²) in [6.07, 6.45) is 5.63. The molecule has 2 aromatic carbocycles. The number of carbonyl (C=O) groups excluding carboxylic acids is 1. The van der Waals surface area contributed by atoms with Crippen molar-refractivity contribution in [3.63, 3.8) is 0 Å². The molecule has 3 aromatic rings. The molecule has 214 valence electrons. The van der Waals surface area contributed by atoms with Gasteiger partial charge in [0.25, 0.3) is 0 Å². The average Bonchev–Trinajstić information content (AvgIpc) is 3.61. The molecular weight excluding hydrogens is 536 g/mol. The molecule has 0 aliphatic carbocycles. The number of nitrogens with zero attached hydrogens (tertiary/aromatic N) is 6. The first kappa shape index (κ1) is 26.5. The Morgan fingerprint density at radius 3 is 2.73 bits per heavy atom. The summed E-state index contributed by atoms with van der Waals surface area (Å²) >= 11 is 6.70. The lowest BCUT2D eigenvalue weighted by Gasteiger charge is -2.49. The summed E-state index contributed by atoms with van der Waals surface area (Å²) in [5.41, 5.74) is 3.50. The molecule has 9 heteroatoms. The number of hydrogen-bond acceptors (Lipinski definition) is 7. The lowest BCUT2D eigenvalue weighted by atomic mass is 9.78. The van der Waals surface area contributed by atoms with Crippen molar-refractivity contribution < 1.29 is 9.53 Å². The van der Waals surface area contributed by atoms with Gasteiger partial charge in [0.2, 0.25) is 5.91 Å². The summed E-state index contributed by atoms with van der Waals surface area (Å²) in [6, 6.07) is 13.3. The van der Waals surface area contributed by atoms with E-state index in [1.165, 1.54) is 18.1 Å². The third-order valence-electron chi connectivity index (χ3n) is 9.55. The molecule has 1 spiro atoms. The van der Waals surface area contributed by atoms with Gasteiger partial charge in [0.15, 0.2) is 0 Å². The van der Waals surface area contributed by atoms with Crippen molar-refractivity contribution in [3.8, 4) is 6.01 Å². The van der Waals surface area contributed by atoms with E-state index in [1.54, 1.807) is 0 Å². The summed E-state index contributed by atoms with van der Waals surface area (Å²) in [5, 5.41) is 2.99. The Balaban J connectivity index is 1.18. The van der Waals surface area contributed by atoms with E-state index in [0.717, 1.165) is 91.5 Å². The number of ether oxygens (including phenoxy) is 1. The van der Waals surface area contributed by atoms with Crippen LogP contribution in [0.15, 0.2) is 49.1 Å². The van der Waals surface area contributed by atoms with E-state index < -0.39 is 0 Å². The molecule has 5 heterocycles. The second-order valence-electron chi connectivity index (χ2n) is 12.2. The Morgan fingerprint density at radius 2 is 1.95 bits per heavy atom. The lowest BCUT2D eigenvalue weighted by Crippen LogP contribution is -2.58. The van der Waals surface area contributed by atoms with Crippen LogP contribution in [-0.4, -0.2) is 84.6 Å². The molecule has 0 radical (unpaired) electrons. The van der Waals surface area contributed by atoms with Crippen LogP contribution in [0.5, 0.6) is 6.01 Å². The van der Waals surface area contributed by atoms with E-state index in [-0.39, 0.29) is 11.3 Å². The van der Waals surface area contributed by atoms with Crippen molar-refractivity contribution >= 4 is 39.8 Å². The van der Waals surface area contributed by atoms with Crippen molar-refractivity contribution in [1.82, 2.24) is 19.8 Å². The topological polar surface area (TPSA) is 65.0 Å². The Bertz CT molecular complexity index is 1500. The van der Waals surface area contributed by atoms with Crippen LogP contribution in [0.3, 0.4) is 0 Å². The summed E-state index contributed by atoms with van der Waals surface area (Å²) in [6.45, 7) is 10.3. The maximum absolute atomic E-state index is 12.2. The van der Waals surface area contributed by atoms with Crippen LogP contribution >= 0.6 is 11.6 Å². The molecule has 1 atom stereocenters. The number of carbonyl (C=O) groups is 1. The van der Waals surface area contributed by atoms with Gasteiger partial charge in [0.05, 0.1) is 17.3 Å². The fourth-order valence-electron chi connectivity index (χ4n) is 7.24. The number of hydrogen-bond donors (Lipinski definition) is 0. The van der Waals surface area contributed by atoms with Crippen LogP contribution in [0.2, 0.25) is 5.02 Å². The largest absolute Gasteiger partial charge is 0.462 e. The number of anilines is 2. The lowest BCUT2D eigenvalue weighted by molar-refractivity contribution is -0.125. The smallest absolute Gasteiger partial charge is 0.318 e. The minimum absolute atomic E-state index is 0.0286. The van der Waals surface area contributed by atoms with Gasteiger partial charge in [-0.05, 0) is 62.9 Å². The van der Waals surface area contributed by atoms with Gasteiger partial charge in [0.1, 0.15) is 12.4 Å². The predicted molar refractivity (Wildman–Crippen MR) is 163 cm³/mol. The monoisotopic (exact) mass is 572 g/mol. The molecule has 4 aliphatic heterocycles. The van der Waals surface area contributed by atoms with Gasteiger partial charge in [-0.2, -0.15) is 9.97 Å². The normalized spacial score (nSPS) is 21.8. The van der Waals surface area contributed by atoms with E-state index in [1.807, 2.05) is 17.0 Å². The maximum atomic E-state index is 12.2. The molecule has 4 aliphatic rings. The van der Waals surface area contributed by atoms with Crippen LogP contribution in [0.1, 0.15) is 30.5 Å². The summed E-state index contributed by atoms with van der Waals surface area (Å²) in [7, 11) is 2.16. The number of benzene rings is 2. The first-order valence-electron chi connectivity index (χ1n) is 14.7. The van der Waals surface area contributed by atoms with Gasteiger partial charge in [-0.1, -0.05) is 42.4 Å². The highest BCUT2D eigenvalue weighted by atomic mass is 35.5. The number of likely N-dealkylation sites (tertiary alicyclic amines) is 2. The number of halogens is 1. The summed E-state index contributed by atoms with van der Waals surface area (Å²) in [5.74, 6) is 1.03. The molecular formula is C32H37ClN6O2. The molecule has 0 bridgehead atoms. The predicted octanol–water partition coefficient (Wildman–Crippen LogP) is 4.54. The Labute approximate surface area is 246 Å². The molecule has 41 heavy (non-hydrogen) atoms. The molecule has 7 rings (SSSR count). The highest BCUT2D eigenvalue weighted by Gasteiger charge is 2.49. The van der Waals surface area contributed by atoms with Crippen molar-refractivity contribution in [1.29, 1.82) is 0 Å². The quantitative estimate of drug-likeness (QED) is 0.402. The van der Waals surface area contributed by atoms with Gasteiger partial charge in [0, 0.05) is 60.8 Å². The van der Waals surface area contributed by atoms with Crippen molar-refractivity contribution in [2.75, 3.05) is 62.7 Å². The Hall–Kier alpha value is -3.36. The molecule has 3 fully saturated rings. The second kappa shape index (κ2) is 10.5. The first-order valence-corrected chi connectivity index (χ1v) is 15.1. The number of aromatic nitrogens is 2.